The van der Waals surface area contributed by atoms with Gasteiger partial charge in [-0.1, -0.05) is 0 Å². The van der Waals surface area contributed by atoms with E-state index < -0.39 is 0 Å². The Morgan fingerprint density at radius 1 is 1.00 bits per heavy atom. The highest BCUT2D eigenvalue weighted by atomic mass is 16.3. The number of benzene rings is 1. The smallest absolute Gasteiger partial charge is 0.181 e. The van der Waals surface area contributed by atoms with Crippen molar-refractivity contribution in [3.8, 4) is 5.75 Å². The molecule has 0 spiro atoms. The Morgan fingerprint density at radius 3 is 2.29 bits per heavy atom. The van der Waals surface area contributed by atoms with Gasteiger partial charge in [0.2, 0.25) is 0 Å². The molecule has 17 heavy (non-hydrogen) atoms. The van der Waals surface area contributed by atoms with Crippen LogP contribution >= 0.6 is 0 Å². The van der Waals surface area contributed by atoms with Crippen LogP contribution in [0.5, 0.6) is 5.75 Å². The monoisotopic (exact) mass is 227 g/mol. The fourth-order valence-electron chi connectivity index (χ4n) is 1.56. The number of phenols is 1. The van der Waals surface area contributed by atoms with E-state index in [1.54, 1.807) is 43.3 Å². The molecule has 2 rings (SSSR count). The molecule has 1 aromatic carbocycles. The Kier molecular flexibility index (Phi) is 2.91. The zero-order valence-corrected chi connectivity index (χ0v) is 9.77. The number of carbonyl (C=O) groups is 1. The molecular weight excluding hydrogens is 214 g/mol. The number of rotatable bonds is 1. The Balaban J connectivity index is 2.37. The zero-order valence-electron chi connectivity index (χ0n) is 9.77. The number of ketones is 1. The van der Waals surface area contributed by atoms with E-state index in [1.807, 2.05) is 6.92 Å². The molecule has 0 aromatic heterocycles. The van der Waals surface area contributed by atoms with Gasteiger partial charge in [-0.15, -0.1) is 0 Å². The summed E-state index contributed by atoms with van der Waals surface area (Å²) in [5.74, 6) is 0.249. The van der Waals surface area contributed by atoms with Crippen LogP contribution in [-0.4, -0.2) is 16.6 Å². The van der Waals surface area contributed by atoms with Crippen LogP contribution in [0.4, 0.5) is 5.69 Å². The van der Waals surface area contributed by atoms with Crippen LogP contribution < -0.4 is 0 Å². The van der Waals surface area contributed by atoms with Gasteiger partial charge >= 0.3 is 0 Å². The van der Waals surface area contributed by atoms with Crippen LogP contribution in [0.2, 0.25) is 0 Å². The summed E-state index contributed by atoms with van der Waals surface area (Å²) >= 11 is 0. The number of aromatic hydroxyl groups is 1. The fraction of sp³-hybridized carbons (Fsp3) is 0.143. The molecular formula is C14H13NO2. The van der Waals surface area contributed by atoms with Crippen LogP contribution in [-0.2, 0) is 4.79 Å². The average Bonchev–Trinajstić information content (AvgIpc) is 2.29. The van der Waals surface area contributed by atoms with Crippen LogP contribution in [0.25, 0.3) is 0 Å². The Labute approximate surface area is 99.8 Å². The van der Waals surface area contributed by atoms with Gasteiger partial charge in [0.25, 0.3) is 0 Å². The van der Waals surface area contributed by atoms with Crippen LogP contribution in [0.15, 0.2) is 52.6 Å². The van der Waals surface area contributed by atoms with Crippen LogP contribution in [0.3, 0.4) is 0 Å². The predicted octanol–water partition coefficient (Wildman–Crippen LogP) is 2.94. The average molecular weight is 227 g/mol. The van der Waals surface area contributed by atoms with E-state index in [0.29, 0.717) is 5.57 Å². The van der Waals surface area contributed by atoms with Crippen LogP contribution in [0, 0.1) is 0 Å². The molecule has 1 aliphatic carbocycles. The number of nitrogens with zero attached hydrogens (tertiary/aromatic N) is 1. The first-order chi connectivity index (χ1) is 8.06. The van der Waals surface area contributed by atoms with Crippen molar-refractivity contribution in [1.29, 1.82) is 0 Å². The lowest BCUT2D eigenvalue weighted by molar-refractivity contribution is -0.111. The molecule has 3 heteroatoms. The van der Waals surface area contributed by atoms with Crippen molar-refractivity contribution in [1.82, 2.24) is 0 Å². The highest BCUT2D eigenvalue weighted by Crippen LogP contribution is 2.20. The largest absolute Gasteiger partial charge is 0.508 e. The van der Waals surface area contributed by atoms with Crippen molar-refractivity contribution in [2.45, 2.75) is 13.8 Å². The minimum Gasteiger partial charge on any atom is -0.508 e. The number of carbonyl (C=O) groups excluding carboxylic acids is 1. The first-order valence-electron chi connectivity index (χ1n) is 5.35. The lowest BCUT2D eigenvalue weighted by atomic mass is 9.98. The number of phenolic OH excluding ortho intramolecular Hbond substituents is 1. The fourth-order valence-corrected chi connectivity index (χ4v) is 1.56. The second-order valence-electron chi connectivity index (χ2n) is 4.03. The highest BCUT2D eigenvalue weighted by molar-refractivity contribution is 6.22. The number of aliphatic imine (C=N–C) groups is 1. The molecule has 86 valence electrons. The third kappa shape index (κ3) is 2.50. The van der Waals surface area contributed by atoms with Crippen molar-refractivity contribution < 1.29 is 9.90 Å². The standard InChI is InChI=1S/C14H13NO2/c1-9-8-14(17)10(2)7-13(9)15-11-3-5-12(16)6-4-11/h3-8,16H,1-2H3. The topological polar surface area (TPSA) is 49.7 Å². The molecule has 0 bridgehead atoms. The molecule has 0 aliphatic heterocycles. The van der Waals surface area contributed by atoms with Gasteiger partial charge in [-0.05, 0) is 61.4 Å². The Hall–Kier alpha value is -2.16. The molecule has 1 aromatic rings. The molecule has 0 heterocycles. The number of hydrogen-bond acceptors (Lipinski definition) is 3. The third-order valence-electron chi connectivity index (χ3n) is 2.59. The Morgan fingerprint density at radius 2 is 1.65 bits per heavy atom. The maximum Gasteiger partial charge on any atom is 0.181 e. The Bertz CT molecular complexity index is 548. The second-order valence-corrected chi connectivity index (χ2v) is 4.03. The molecule has 1 N–H and O–H groups in total. The van der Waals surface area contributed by atoms with Crippen molar-refractivity contribution >= 4 is 17.2 Å². The summed E-state index contributed by atoms with van der Waals surface area (Å²) < 4.78 is 0. The molecule has 3 nitrogen and oxygen atoms in total. The first-order valence-corrected chi connectivity index (χ1v) is 5.35. The van der Waals surface area contributed by atoms with E-state index in [9.17, 15) is 9.90 Å². The quantitative estimate of drug-likeness (QED) is 0.750. The van der Waals surface area contributed by atoms with Crippen molar-refractivity contribution in [3.05, 3.63) is 47.6 Å². The van der Waals surface area contributed by atoms with E-state index in [0.717, 1.165) is 17.0 Å². The van der Waals surface area contributed by atoms with Crippen LogP contribution in [0.1, 0.15) is 13.8 Å². The number of allylic oxidation sites excluding steroid dienone is 4. The summed E-state index contributed by atoms with van der Waals surface area (Å²) in [7, 11) is 0. The molecule has 0 saturated heterocycles. The molecule has 0 atom stereocenters. The number of hydrogen-bond donors (Lipinski definition) is 1. The van der Waals surface area contributed by atoms with Crippen molar-refractivity contribution in [2.75, 3.05) is 0 Å². The lowest BCUT2D eigenvalue weighted by Gasteiger charge is -2.09. The first kappa shape index (κ1) is 11.3. The van der Waals surface area contributed by atoms with Gasteiger partial charge < -0.3 is 5.11 Å². The maximum atomic E-state index is 11.4. The minimum atomic E-state index is 0.0344. The predicted molar refractivity (Wildman–Crippen MR) is 67.7 cm³/mol. The molecule has 0 radical (unpaired) electrons. The van der Waals surface area contributed by atoms with Gasteiger partial charge in [-0.2, -0.15) is 0 Å². The van der Waals surface area contributed by atoms with E-state index in [2.05, 4.69) is 4.99 Å². The summed E-state index contributed by atoms with van der Waals surface area (Å²) in [5.41, 5.74) is 3.08. The summed E-state index contributed by atoms with van der Waals surface area (Å²) in [6.45, 7) is 3.64. The lowest BCUT2D eigenvalue weighted by Crippen LogP contribution is -2.09. The van der Waals surface area contributed by atoms with E-state index >= 15 is 0 Å². The second kappa shape index (κ2) is 4.37. The van der Waals surface area contributed by atoms with E-state index in [1.165, 1.54) is 0 Å². The van der Waals surface area contributed by atoms with E-state index in [-0.39, 0.29) is 11.5 Å². The zero-order chi connectivity index (χ0) is 12.4. The molecule has 0 saturated carbocycles. The molecule has 1 aliphatic rings. The molecule has 0 unspecified atom stereocenters. The van der Waals surface area contributed by atoms with Crippen molar-refractivity contribution in [3.63, 3.8) is 0 Å². The van der Waals surface area contributed by atoms with Gasteiger partial charge in [0, 0.05) is 0 Å². The molecule has 0 amide bonds. The van der Waals surface area contributed by atoms with Gasteiger partial charge in [-0.25, -0.2) is 4.99 Å². The van der Waals surface area contributed by atoms with Gasteiger partial charge in [0.1, 0.15) is 5.75 Å². The summed E-state index contributed by atoms with van der Waals surface area (Å²) in [6, 6.07) is 6.64. The van der Waals surface area contributed by atoms with Gasteiger partial charge in [0.05, 0.1) is 11.4 Å². The summed E-state index contributed by atoms with van der Waals surface area (Å²) in [6.07, 6.45) is 3.37. The normalized spacial score (nSPS) is 18.0. The van der Waals surface area contributed by atoms with Gasteiger partial charge in [0.15, 0.2) is 5.78 Å². The minimum absolute atomic E-state index is 0.0344. The summed E-state index contributed by atoms with van der Waals surface area (Å²) in [5, 5.41) is 9.17. The third-order valence-corrected chi connectivity index (χ3v) is 2.59. The van der Waals surface area contributed by atoms with Crippen molar-refractivity contribution in [2.24, 2.45) is 4.99 Å². The maximum absolute atomic E-state index is 11.4. The van der Waals surface area contributed by atoms with E-state index in [4.69, 9.17) is 0 Å². The highest BCUT2D eigenvalue weighted by Gasteiger charge is 2.12. The molecule has 0 fully saturated rings. The SMILES string of the molecule is CC1=CC(=Nc2ccc(O)cc2)C(C)=CC1=O. The van der Waals surface area contributed by atoms with Gasteiger partial charge in [-0.3, -0.25) is 4.79 Å². The summed E-state index contributed by atoms with van der Waals surface area (Å²) in [4.78, 5) is 15.8.